The molecule has 0 fully saturated rings. The number of isocyanates is 2. The summed E-state index contributed by atoms with van der Waals surface area (Å²) in [6, 6.07) is 0. The van der Waals surface area contributed by atoms with Crippen molar-refractivity contribution in [2.45, 2.75) is 50.4 Å². The number of carbonyl (C=O) groups excluding carboxylic acids is 2. The zero-order chi connectivity index (χ0) is 16.5. The van der Waals surface area contributed by atoms with Crippen molar-refractivity contribution in [2.24, 2.45) is 9.98 Å². The first-order valence-electron chi connectivity index (χ1n) is 7.28. The molecular formula is C14H28N2O3Si2. The topological polar surface area (TPSA) is 68.1 Å². The normalized spacial score (nSPS) is 14.8. The summed E-state index contributed by atoms with van der Waals surface area (Å²) in [6.45, 7) is 15.7. The Balaban J connectivity index is 4.57. The summed E-state index contributed by atoms with van der Waals surface area (Å²) in [5.74, 6) is 0. The molecule has 0 aliphatic rings. The molecule has 0 rings (SSSR count). The number of ether oxygens (including phenoxy) is 1. The van der Waals surface area contributed by atoms with Crippen LogP contribution in [0.2, 0.25) is 50.4 Å². The average molecular weight is 329 g/mol. The van der Waals surface area contributed by atoms with Gasteiger partial charge in [0.1, 0.15) is 0 Å². The summed E-state index contributed by atoms with van der Waals surface area (Å²) in [5.41, 5.74) is 0.603. The van der Waals surface area contributed by atoms with Gasteiger partial charge < -0.3 is 4.74 Å². The standard InChI is InChI=1S/C14H28N2O3Si2/c1-20(2,3)13(7-15-11-17)9-19-10-14(8-16-12-18)21(4,5)6/h13-14H,7-10H2,1-6H3. The molecule has 0 bridgehead atoms. The average Bonchev–Trinajstić information content (AvgIpc) is 2.34. The first kappa shape index (κ1) is 20.2. The predicted molar refractivity (Wildman–Crippen MR) is 91.0 cm³/mol. The third-order valence-corrected chi connectivity index (χ3v) is 9.44. The summed E-state index contributed by atoms with van der Waals surface area (Å²) in [7, 11) is -2.88. The molecule has 0 saturated carbocycles. The van der Waals surface area contributed by atoms with Crippen LogP contribution in [0.25, 0.3) is 0 Å². The Labute approximate surface area is 129 Å². The zero-order valence-electron chi connectivity index (χ0n) is 14.1. The van der Waals surface area contributed by atoms with Gasteiger partial charge in [0.15, 0.2) is 0 Å². The van der Waals surface area contributed by atoms with E-state index in [1.165, 1.54) is 0 Å². The Kier molecular flexibility index (Phi) is 8.86. The van der Waals surface area contributed by atoms with Crippen LogP contribution in [0, 0.1) is 0 Å². The predicted octanol–water partition coefficient (Wildman–Crippen LogP) is 3.09. The van der Waals surface area contributed by atoms with Gasteiger partial charge in [-0.25, -0.2) is 19.6 Å². The van der Waals surface area contributed by atoms with Gasteiger partial charge in [-0.15, -0.1) is 0 Å². The van der Waals surface area contributed by atoms with Crippen molar-refractivity contribution in [1.82, 2.24) is 0 Å². The van der Waals surface area contributed by atoms with Crippen LogP contribution in [0.5, 0.6) is 0 Å². The second-order valence-electron chi connectivity index (χ2n) is 7.53. The minimum absolute atomic E-state index is 0.302. The molecule has 0 aromatic heterocycles. The van der Waals surface area contributed by atoms with E-state index in [2.05, 4.69) is 49.3 Å². The Hall–Kier alpha value is -0.846. The van der Waals surface area contributed by atoms with Crippen molar-refractivity contribution in [3.8, 4) is 0 Å². The number of aliphatic imine (C=N–C) groups is 2. The highest BCUT2D eigenvalue weighted by Gasteiger charge is 2.29. The van der Waals surface area contributed by atoms with Gasteiger partial charge in [0.25, 0.3) is 0 Å². The van der Waals surface area contributed by atoms with E-state index in [4.69, 9.17) is 4.74 Å². The molecule has 0 saturated heterocycles. The molecule has 0 N–H and O–H groups in total. The van der Waals surface area contributed by atoms with Crippen molar-refractivity contribution < 1.29 is 14.3 Å². The third kappa shape index (κ3) is 8.91. The van der Waals surface area contributed by atoms with Gasteiger partial charge in [-0.05, 0) is 11.1 Å². The van der Waals surface area contributed by atoms with E-state index in [0.717, 1.165) is 0 Å². The molecule has 2 unspecified atom stereocenters. The lowest BCUT2D eigenvalue weighted by Gasteiger charge is -2.30. The van der Waals surface area contributed by atoms with E-state index >= 15 is 0 Å². The summed E-state index contributed by atoms with van der Waals surface area (Å²) in [4.78, 5) is 28.1. The van der Waals surface area contributed by atoms with Gasteiger partial charge in [-0.2, -0.15) is 0 Å². The van der Waals surface area contributed by atoms with Crippen LogP contribution in [0.3, 0.4) is 0 Å². The highest BCUT2D eigenvalue weighted by atomic mass is 28.3. The van der Waals surface area contributed by atoms with Gasteiger partial charge in [-0.1, -0.05) is 39.3 Å². The lowest BCUT2D eigenvalue weighted by Crippen LogP contribution is -2.36. The maximum absolute atomic E-state index is 10.3. The zero-order valence-corrected chi connectivity index (χ0v) is 16.1. The fourth-order valence-electron chi connectivity index (χ4n) is 1.80. The molecule has 2 atom stereocenters. The molecule has 21 heavy (non-hydrogen) atoms. The maximum Gasteiger partial charge on any atom is 0.234 e. The summed E-state index contributed by atoms with van der Waals surface area (Å²) >= 11 is 0. The highest BCUT2D eigenvalue weighted by molar-refractivity contribution is 6.78. The van der Waals surface area contributed by atoms with E-state index < -0.39 is 16.1 Å². The second-order valence-corrected chi connectivity index (χ2v) is 18.6. The van der Waals surface area contributed by atoms with Crippen molar-refractivity contribution in [1.29, 1.82) is 0 Å². The quantitative estimate of drug-likeness (QED) is 0.351. The molecule has 0 aromatic rings. The molecule has 5 nitrogen and oxygen atoms in total. The Morgan fingerprint density at radius 1 is 0.810 bits per heavy atom. The monoisotopic (exact) mass is 328 g/mol. The lowest BCUT2D eigenvalue weighted by molar-refractivity contribution is 0.130. The molecule has 0 aliphatic carbocycles. The summed E-state index contributed by atoms with van der Waals surface area (Å²) in [5, 5.41) is 0. The van der Waals surface area contributed by atoms with Crippen LogP contribution in [0.15, 0.2) is 9.98 Å². The fourth-order valence-corrected chi connectivity index (χ4v) is 4.31. The van der Waals surface area contributed by atoms with E-state index in [-0.39, 0.29) is 0 Å². The minimum Gasteiger partial charge on any atom is -0.381 e. The van der Waals surface area contributed by atoms with E-state index in [1.807, 2.05) is 0 Å². The summed E-state index contributed by atoms with van der Waals surface area (Å²) < 4.78 is 5.89. The van der Waals surface area contributed by atoms with E-state index in [9.17, 15) is 9.59 Å². The molecule has 0 spiro atoms. The van der Waals surface area contributed by atoms with E-state index in [1.54, 1.807) is 12.2 Å². The van der Waals surface area contributed by atoms with Crippen LogP contribution >= 0.6 is 0 Å². The van der Waals surface area contributed by atoms with Gasteiger partial charge in [0, 0.05) is 13.2 Å². The van der Waals surface area contributed by atoms with E-state index in [0.29, 0.717) is 37.4 Å². The smallest absolute Gasteiger partial charge is 0.234 e. The number of rotatable bonds is 10. The molecule has 0 aromatic carbocycles. The van der Waals surface area contributed by atoms with Crippen LogP contribution < -0.4 is 0 Å². The Morgan fingerprint density at radius 3 is 1.38 bits per heavy atom. The SMILES string of the molecule is C[Si](C)(C)C(CN=C=O)COCC(CN=C=O)[Si](C)(C)C. The molecule has 0 amide bonds. The second kappa shape index (κ2) is 9.23. The van der Waals surface area contributed by atoms with Crippen LogP contribution in [-0.2, 0) is 14.3 Å². The molecule has 7 heteroatoms. The molecule has 120 valence electrons. The Morgan fingerprint density at radius 2 is 1.14 bits per heavy atom. The minimum atomic E-state index is -1.44. The fraction of sp³-hybridized carbons (Fsp3) is 0.857. The first-order valence-corrected chi connectivity index (χ1v) is 14.4. The molecule has 0 radical (unpaired) electrons. The molecule has 0 heterocycles. The Bertz CT molecular complexity index is 365. The van der Waals surface area contributed by atoms with Crippen LogP contribution in [0.1, 0.15) is 0 Å². The number of hydrogen-bond acceptors (Lipinski definition) is 5. The number of nitrogens with zero attached hydrogens (tertiary/aromatic N) is 2. The lowest BCUT2D eigenvalue weighted by atomic mass is 10.4. The van der Waals surface area contributed by atoms with Gasteiger partial charge in [0.2, 0.25) is 12.2 Å². The van der Waals surface area contributed by atoms with Gasteiger partial charge in [0.05, 0.1) is 29.2 Å². The maximum atomic E-state index is 10.3. The first-order chi connectivity index (χ1) is 9.62. The third-order valence-electron chi connectivity index (χ3n) is 3.84. The van der Waals surface area contributed by atoms with Crippen LogP contribution in [-0.4, -0.2) is 54.6 Å². The molecular weight excluding hydrogens is 300 g/mol. The summed E-state index contributed by atoms with van der Waals surface area (Å²) in [6.07, 6.45) is 3.22. The van der Waals surface area contributed by atoms with Gasteiger partial charge >= 0.3 is 0 Å². The van der Waals surface area contributed by atoms with Crippen molar-refractivity contribution in [3.63, 3.8) is 0 Å². The van der Waals surface area contributed by atoms with Crippen LogP contribution in [0.4, 0.5) is 0 Å². The van der Waals surface area contributed by atoms with Crippen molar-refractivity contribution in [3.05, 3.63) is 0 Å². The highest BCUT2D eigenvalue weighted by Crippen LogP contribution is 2.26. The van der Waals surface area contributed by atoms with Crippen molar-refractivity contribution >= 4 is 28.3 Å². The largest absolute Gasteiger partial charge is 0.381 e. The number of hydrogen-bond donors (Lipinski definition) is 0. The molecule has 0 aliphatic heterocycles. The van der Waals surface area contributed by atoms with Gasteiger partial charge in [-0.3, -0.25) is 0 Å². The van der Waals surface area contributed by atoms with Crippen molar-refractivity contribution in [2.75, 3.05) is 26.3 Å².